The predicted octanol–water partition coefficient (Wildman–Crippen LogP) is 3.23. The SMILES string of the molecule is CCCOc1ccccc1N1C(=O)CC(Nc2ccc(OC)cc2)C1=O. The Labute approximate surface area is 152 Å². The highest BCUT2D eigenvalue weighted by Crippen LogP contribution is 2.33. The smallest absolute Gasteiger partial charge is 0.256 e. The maximum atomic E-state index is 12.8. The number of nitrogens with one attached hydrogen (secondary N) is 1. The van der Waals surface area contributed by atoms with Gasteiger partial charge in [-0.3, -0.25) is 9.59 Å². The summed E-state index contributed by atoms with van der Waals surface area (Å²) in [6, 6.07) is 13.8. The number of anilines is 2. The van der Waals surface area contributed by atoms with Gasteiger partial charge in [-0.1, -0.05) is 19.1 Å². The van der Waals surface area contributed by atoms with Gasteiger partial charge in [0, 0.05) is 5.69 Å². The number of carbonyl (C=O) groups excluding carboxylic acids is 2. The van der Waals surface area contributed by atoms with Crippen molar-refractivity contribution < 1.29 is 19.1 Å². The maximum absolute atomic E-state index is 12.8. The average molecular weight is 354 g/mol. The fourth-order valence-electron chi connectivity index (χ4n) is 2.86. The Morgan fingerprint density at radius 1 is 1.12 bits per heavy atom. The number of carbonyl (C=O) groups is 2. The van der Waals surface area contributed by atoms with E-state index in [9.17, 15) is 9.59 Å². The zero-order valence-electron chi connectivity index (χ0n) is 14.9. The van der Waals surface area contributed by atoms with E-state index >= 15 is 0 Å². The van der Waals surface area contributed by atoms with Gasteiger partial charge in [0.05, 0.1) is 25.8 Å². The summed E-state index contributed by atoms with van der Waals surface area (Å²) in [5, 5.41) is 3.13. The molecule has 1 N–H and O–H groups in total. The third-order valence-corrected chi connectivity index (χ3v) is 4.15. The van der Waals surface area contributed by atoms with Crippen LogP contribution in [0, 0.1) is 0 Å². The quantitative estimate of drug-likeness (QED) is 0.773. The minimum atomic E-state index is -0.602. The van der Waals surface area contributed by atoms with Crippen molar-refractivity contribution in [1.29, 1.82) is 0 Å². The number of benzene rings is 2. The molecule has 0 aromatic heterocycles. The molecule has 0 spiro atoms. The number of hydrogen-bond donors (Lipinski definition) is 1. The average Bonchev–Trinajstić information content (AvgIpc) is 2.94. The van der Waals surface area contributed by atoms with Crippen LogP contribution in [0.2, 0.25) is 0 Å². The molecule has 0 aliphatic carbocycles. The van der Waals surface area contributed by atoms with Gasteiger partial charge in [0.1, 0.15) is 17.5 Å². The van der Waals surface area contributed by atoms with Crippen molar-refractivity contribution in [3.63, 3.8) is 0 Å². The molecule has 3 rings (SSSR count). The Bertz CT molecular complexity index is 789. The van der Waals surface area contributed by atoms with Crippen LogP contribution >= 0.6 is 0 Å². The van der Waals surface area contributed by atoms with Gasteiger partial charge >= 0.3 is 0 Å². The van der Waals surface area contributed by atoms with E-state index < -0.39 is 6.04 Å². The second-order valence-electron chi connectivity index (χ2n) is 6.01. The molecule has 0 saturated carbocycles. The minimum Gasteiger partial charge on any atom is -0.497 e. The fourth-order valence-corrected chi connectivity index (χ4v) is 2.86. The summed E-state index contributed by atoms with van der Waals surface area (Å²) in [4.78, 5) is 26.5. The summed E-state index contributed by atoms with van der Waals surface area (Å²) in [7, 11) is 1.59. The molecule has 0 bridgehead atoms. The third-order valence-electron chi connectivity index (χ3n) is 4.15. The number of hydrogen-bond acceptors (Lipinski definition) is 5. The van der Waals surface area contributed by atoms with Gasteiger partial charge in [0.2, 0.25) is 5.91 Å². The fraction of sp³-hybridized carbons (Fsp3) is 0.300. The number of methoxy groups -OCH3 is 1. The maximum Gasteiger partial charge on any atom is 0.256 e. The molecule has 1 aliphatic heterocycles. The van der Waals surface area contributed by atoms with Crippen LogP contribution in [0.5, 0.6) is 11.5 Å². The first-order chi connectivity index (χ1) is 12.6. The Morgan fingerprint density at radius 3 is 2.54 bits per heavy atom. The summed E-state index contributed by atoms with van der Waals surface area (Å²) < 4.78 is 10.8. The zero-order chi connectivity index (χ0) is 18.5. The van der Waals surface area contributed by atoms with Gasteiger partial charge in [0.15, 0.2) is 0 Å². The van der Waals surface area contributed by atoms with Gasteiger partial charge in [-0.15, -0.1) is 0 Å². The van der Waals surface area contributed by atoms with Gasteiger partial charge < -0.3 is 14.8 Å². The lowest BCUT2D eigenvalue weighted by Crippen LogP contribution is -2.35. The van der Waals surface area contributed by atoms with Crippen molar-refractivity contribution in [2.24, 2.45) is 0 Å². The van der Waals surface area contributed by atoms with Crippen molar-refractivity contribution in [1.82, 2.24) is 0 Å². The number of ether oxygens (including phenoxy) is 2. The molecule has 1 saturated heterocycles. The van der Waals surface area contributed by atoms with Crippen LogP contribution in [0.15, 0.2) is 48.5 Å². The summed E-state index contributed by atoms with van der Waals surface area (Å²) in [5.74, 6) is 0.751. The van der Waals surface area contributed by atoms with E-state index in [4.69, 9.17) is 9.47 Å². The molecular formula is C20H22N2O4. The Morgan fingerprint density at radius 2 is 1.85 bits per heavy atom. The van der Waals surface area contributed by atoms with Crippen LogP contribution in [-0.2, 0) is 9.59 Å². The van der Waals surface area contributed by atoms with Crippen molar-refractivity contribution in [2.75, 3.05) is 23.9 Å². The van der Waals surface area contributed by atoms with E-state index in [0.29, 0.717) is 18.0 Å². The van der Waals surface area contributed by atoms with E-state index in [1.54, 1.807) is 37.4 Å². The van der Waals surface area contributed by atoms with Crippen LogP contribution in [0.3, 0.4) is 0 Å². The van der Waals surface area contributed by atoms with Gasteiger partial charge in [-0.2, -0.15) is 0 Å². The molecule has 0 radical (unpaired) electrons. The number of imide groups is 1. The predicted molar refractivity (Wildman–Crippen MR) is 99.7 cm³/mol. The lowest BCUT2D eigenvalue weighted by molar-refractivity contribution is -0.121. The monoisotopic (exact) mass is 354 g/mol. The molecule has 2 aromatic carbocycles. The van der Waals surface area contributed by atoms with Crippen molar-refractivity contribution in [3.05, 3.63) is 48.5 Å². The molecule has 136 valence electrons. The first-order valence-electron chi connectivity index (χ1n) is 8.63. The second kappa shape index (κ2) is 7.91. The summed E-state index contributed by atoms with van der Waals surface area (Å²) in [6.45, 7) is 2.53. The number of rotatable bonds is 7. The molecule has 2 aromatic rings. The largest absolute Gasteiger partial charge is 0.497 e. The first-order valence-corrected chi connectivity index (χ1v) is 8.63. The Hall–Kier alpha value is -3.02. The van der Waals surface area contributed by atoms with Gasteiger partial charge in [-0.05, 0) is 42.8 Å². The highest BCUT2D eigenvalue weighted by atomic mass is 16.5. The van der Waals surface area contributed by atoms with Crippen molar-refractivity contribution in [2.45, 2.75) is 25.8 Å². The van der Waals surface area contributed by atoms with Crippen LogP contribution in [0.1, 0.15) is 19.8 Å². The summed E-state index contributed by atoms with van der Waals surface area (Å²) in [5.41, 5.74) is 1.25. The van der Waals surface area contributed by atoms with E-state index in [2.05, 4.69) is 5.32 Å². The van der Waals surface area contributed by atoms with E-state index in [0.717, 1.165) is 17.9 Å². The molecule has 1 fully saturated rings. The van der Waals surface area contributed by atoms with E-state index in [1.165, 1.54) is 4.90 Å². The normalized spacial score (nSPS) is 16.7. The lowest BCUT2D eigenvalue weighted by Gasteiger charge is -2.19. The van der Waals surface area contributed by atoms with Gasteiger partial charge in [0.25, 0.3) is 5.91 Å². The number of para-hydroxylation sites is 2. The van der Waals surface area contributed by atoms with Crippen molar-refractivity contribution >= 4 is 23.2 Å². The second-order valence-corrected chi connectivity index (χ2v) is 6.01. The molecule has 2 amide bonds. The van der Waals surface area contributed by atoms with Crippen LogP contribution < -0.4 is 19.7 Å². The molecule has 26 heavy (non-hydrogen) atoms. The molecule has 1 heterocycles. The van der Waals surface area contributed by atoms with Crippen LogP contribution in [0.4, 0.5) is 11.4 Å². The molecule has 1 atom stereocenters. The van der Waals surface area contributed by atoms with Gasteiger partial charge in [-0.25, -0.2) is 4.90 Å². The molecule has 1 unspecified atom stereocenters. The Balaban J connectivity index is 1.78. The molecule has 1 aliphatic rings. The standard InChI is InChI=1S/C20H22N2O4/c1-3-12-26-18-7-5-4-6-17(18)22-19(23)13-16(20(22)24)21-14-8-10-15(25-2)11-9-14/h4-11,16,21H,3,12-13H2,1-2H3. The lowest BCUT2D eigenvalue weighted by atomic mass is 10.2. The summed E-state index contributed by atoms with van der Waals surface area (Å²) in [6.07, 6.45) is 0.949. The van der Waals surface area contributed by atoms with Crippen LogP contribution in [-0.4, -0.2) is 31.6 Å². The molecule has 6 heteroatoms. The first kappa shape index (κ1) is 17.8. The van der Waals surface area contributed by atoms with Crippen molar-refractivity contribution in [3.8, 4) is 11.5 Å². The van der Waals surface area contributed by atoms with E-state index in [-0.39, 0.29) is 18.2 Å². The number of amides is 2. The molecule has 6 nitrogen and oxygen atoms in total. The molecular weight excluding hydrogens is 332 g/mol. The topological polar surface area (TPSA) is 67.9 Å². The Kier molecular flexibility index (Phi) is 5.41. The number of nitrogens with zero attached hydrogens (tertiary/aromatic N) is 1. The van der Waals surface area contributed by atoms with Crippen LogP contribution in [0.25, 0.3) is 0 Å². The minimum absolute atomic E-state index is 0.104. The summed E-state index contributed by atoms with van der Waals surface area (Å²) >= 11 is 0. The van der Waals surface area contributed by atoms with E-state index in [1.807, 2.05) is 25.1 Å². The zero-order valence-corrected chi connectivity index (χ0v) is 14.9. The highest BCUT2D eigenvalue weighted by Gasteiger charge is 2.40. The third kappa shape index (κ3) is 3.64. The highest BCUT2D eigenvalue weighted by molar-refractivity contribution is 6.23.